The quantitative estimate of drug-likeness (QED) is 0.751. The van der Waals surface area contributed by atoms with E-state index in [2.05, 4.69) is 39.4 Å². The summed E-state index contributed by atoms with van der Waals surface area (Å²) in [5.41, 5.74) is 3.16. The van der Waals surface area contributed by atoms with Crippen LogP contribution in [0.15, 0.2) is 36.8 Å². The van der Waals surface area contributed by atoms with E-state index in [0.29, 0.717) is 12.2 Å². The molecule has 0 radical (unpaired) electrons. The van der Waals surface area contributed by atoms with Crippen molar-refractivity contribution < 1.29 is 4.74 Å². The minimum atomic E-state index is 0.540. The Morgan fingerprint density at radius 2 is 2.11 bits per heavy atom. The number of nitrogens with zero attached hydrogens (tertiary/aromatic N) is 5. The molecule has 0 bridgehead atoms. The second-order valence-corrected chi connectivity index (χ2v) is 6.54. The van der Waals surface area contributed by atoms with Crippen LogP contribution in [0.2, 0.25) is 0 Å². The maximum Gasteiger partial charge on any atom is 0.138 e. The summed E-state index contributed by atoms with van der Waals surface area (Å²) in [5.74, 6) is 1.71. The van der Waals surface area contributed by atoms with Gasteiger partial charge in [-0.15, -0.1) is 0 Å². The molecule has 4 rings (SSSR count). The molecule has 0 atom stereocenters. The van der Waals surface area contributed by atoms with Crippen molar-refractivity contribution in [3.8, 4) is 22.9 Å². The maximum atomic E-state index is 9.46. The van der Waals surface area contributed by atoms with E-state index < -0.39 is 0 Å². The number of pyridine rings is 2. The van der Waals surface area contributed by atoms with Gasteiger partial charge in [-0.2, -0.15) is 10.4 Å². The lowest BCUT2D eigenvalue weighted by Gasteiger charge is -2.28. The van der Waals surface area contributed by atoms with Crippen molar-refractivity contribution in [1.29, 1.82) is 5.26 Å². The fourth-order valence-corrected chi connectivity index (χ4v) is 3.32. The molecule has 1 aliphatic rings. The Bertz CT molecular complexity index is 967. The lowest BCUT2D eigenvalue weighted by Crippen LogP contribution is -2.43. The van der Waals surface area contributed by atoms with Gasteiger partial charge in [0.05, 0.1) is 30.1 Å². The Hall–Kier alpha value is -3.11. The maximum absolute atomic E-state index is 9.46. The summed E-state index contributed by atoms with van der Waals surface area (Å²) in [6.45, 7) is 6.57. The smallest absolute Gasteiger partial charge is 0.138 e. The van der Waals surface area contributed by atoms with E-state index in [1.54, 1.807) is 10.7 Å². The molecule has 1 saturated heterocycles. The van der Waals surface area contributed by atoms with Crippen LogP contribution >= 0.6 is 0 Å². The molecule has 0 aromatic carbocycles. The number of rotatable bonds is 5. The Morgan fingerprint density at radius 1 is 1.26 bits per heavy atom. The number of ether oxygens (including phenoxy) is 1. The van der Waals surface area contributed by atoms with Crippen molar-refractivity contribution in [2.24, 2.45) is 0 Å². The molecule has 1 N–H and O–H groups in total. The summed E-state index contributed by atoms with van der Waals surface area (Å²) in [6.07, 6.45) is 6.20. The van der Waals surface area contributed by atoms with E-state index in [1.165, 1.54) is 0 Å². The lowest BCUT2D eigenvalue weighted by atomic mass is 10.1. The number of nitrogens with one attached hydrogen (secondary N) is 1. The van der Waals surface area contributed by atoms with Gasteiger partial charge < -0.3 is 15.0 Å². The van der Waals surface area contributed by atoms with Crippen molar-refractivity contribution in [3.63, 3.8) is 0 Å². The van der Waals surface area contributed by atoms with Crippen LogP contribution in [-0.4, -0.2) is 47.4 Å². The van der Waals surface area contributed by atoms with Crippen molar-refractivity contribution >= 4 is 11.3 Å². The monoisotopic (exact) mass is 362 g/mol. The molecular weight excluding hydrogens is 340 g/mol. The zero-order chi connectivity index (χ0) is 18.6. The van der Waals surface area contributed by atoms with Gasteiger partial charge in [0, 0.05) is 43.5 Å². The van der Waals surface area contributed by atoms with E-state index in [9.17, 15) is 5.26 Å². The van der Waals surface area contributed by atoms with Gasteiger partial charge in [0.15, 0.2) is 0 Å². The van der Waals surface area contributed by atoms with Gasteiger partial charge in [-0.05, 0) is 24.6 Å². The third-order valence-corrected chi connectivity index (χ3v) is 4.68. The minimum Gasteiger partial charge on any atom is -0.492 e. The van der Waals surface area contributed by atoms with Crippen LogP contribution in [0.3, 0.4) is 0 Å². The third kappa shape index (κ3) is 3.44. The number of fused-ring (bicyclic) bond motifs is 1. The molecule has 0 aliphatic carbocycles. The highest BCUT2D eigenvalue weighted by Gasteiger charge is 2.15. The van der Waals surface area contributed by atoms with Gasteiger partial charge >= 0.3 is 0 Å². The second kappa shape index (κ2) is 7.64. The first-order valence-corrected chi connectivity index (χ1v) is 9.26. The van der Waals surface area contributed by atoms with Crippen LogP contribution in [0.25, 0.3) is 16.6 Å². The highest BCUT2D eigenvalue weighted by molar-refractivity contribution is 5.85. The van der Waals surface area contributed by atoms with E-state index >= 15 is 0 Å². The van der Waals surface area contributed by atoms with Crippen molar-refractivity contribution in [2.45, 2.75) is 13.3 Å². The number of nitriles is 1. The fraction of sp³-hybridized carbons (Fsp3) is 0.350. The Labute approximate surface area is 158 Å². The summed E-state index contributed by atoms with van der Waals surface area (Å²) < 4.78 is 7.52. The molecule has 0 spiro atoms. The molecule has 3 aromatic rings. The number of hydrogen-bond acceptors (Lipinski definition) is 6. The topological polar surface area (TPSA) is 78.5 Å². The molecule has 0 amide bonds. The molecule has 1 fully saturated rings. The molecule has 7 nitrogen and oxygen atoms in total. The Kier molecular flexibility index (Phi) is 4.90. The van der Waals surface area contributed by atoms with Gasteiger partial charge in [-0.25, -0.2) is 9.50 Å². The van der Waals surface area contributed by atoms with Crippen molar-refractivity contribution in [2.75, 3.05) is 37.7 Å². The average Bonchev–Trinajstić information content (AvgIpc) is 3.15. The summed E-state index contributed by atoms with van der Waals surface area (Å²) in [7, 11) is 0. The highest BCUT2D eigenvalue weighted by Crippen LogP contribution is 2.31. The normalized spacial score (nSPS) is 14.3. The lowest BCUT2D eigenvalue weighted by molar-refractivity contribution is 0.315. The molecule has 138 valence electrons. The average molecular weight is 362 g/mol. The van der Waals surface area contributed by atoms with Crippen LogP contribution in [0.4, 0.5) is 5.82 Å². The first-order valence-electron chi connectivity index (χ1n) is 9.26. The zero-order valence-electron chi connectivity index (χ0n) is 15.4. The number of aromatic nitrogens is 3. The van der Waals surface area contributed by atoms with Crippen LogP contribution in [0.5, 0.6) is 5.75 Å². The summed E-state index contributed by atoms with van der Waals surface area (Å²) >= 11 is 0. The summed E-state index contributed by atoms with van der Waals surface area (Å²) in [4.78, 5) is 6.94. The molecule has 7 heteroatoms. The van der Waals surface area contributed by atoms with Crippen LogP contribution in [-0.2, 0) is 0 Å². The van der Waals surface area contributed by atoms with Gasteiger partial charge in [-0.3, -0.25) is 0 Å². The highest BCUT2D eigenvalue weighted by atomic mass is 16.5. The van der Waals surface area contributed by atoms with E-state index in [-0.39, 0.29) is 0 Å². The van der Waals surface area contributed by atoms with Gasteiger partial charge in [0.2, 0.25) is 0 Å². The Balaban J connectivity index is 1.74. The molecule has 0 unspecified atom stereocenters. The number of hydrogen-bond donors (Lipinski definition) is 1. The largest absolute Gasteiger partial charge is 0.492 e. The van der Waals surface area contributed by atoms with E-state index in [4.69, 9.17) is 4.74 Å². The number of anilines is 1. The van der Waals surface area contributed by atoms with Gasteiger partial charge in [0.25, 0.3) is 0 Å². The second-order valence-electron chi connectivity index (χ2n) is 6.54. The Morgan fingerprint density at radius 3 is 2.81 bits per heavy atom. The standard InChI is InChI=1S/C20H22N6O/c1-2-9-27-17-10-18(20-16(11-21)13-24-26(20)14-17)15-3-4-19(23-12-15)25-7-5-22-6-8-25/h3-4,10,12-14,22H,2,5-9H2,1H3. The van der Waals surface area contributed by atoms with Gasteiger partial charge in [0.1, 0.15) is 17.6 Å². The van der Waals surface area contributed by atoms with Crippen LogP contribution < -0.4 is 15.0 Å². The first-order chi connectivity index (χ1) is 13.3. The fourth-order valence-electron chi connectivity index (χ4n) is 3.32. The molecule has 1 aliphatic heterocycles. The predicted octanol–water partition coefficient (Wildman–Crippen LogP) is 2.47. The molecule has 0 saturated carbocycles. The van der Waals surface area contributed by atoms with Gasteiger partial charge in [-0.1, -0.05) is 6.92 Å². The summed E-state index contributed by atoms with van der Waals surface area (Å²) in [6, 6.07) is 8.29. The van der Waals surface area contributed by atoms with Crippen LogP contribution in [0.1, 0.15) is 18.9 Å². The van der Waals surface area contributed by atoms with E-state index in [0.717, 1.165) is 60.8 Å². The SMILES string of the molecule is CCCOc1cc(-c2ccc(N3CCNCC3)nc2)c2c(C#N)cnn2c1. The van der Waals surface area contributed by atoms with Crippen molar-refractivity contribution in [1.82, 2.24) is 19.9 Å². The molecule has 4 heterocycles. The molecule has 3 aromatic heterocycles. The third-order valence-electron chi connectivity index (χ3n) is 4.68. The van der Waals surface area contributed by atoms with Crippen molar-refractivity contribution in [3.05, 3.63) is 42.4 Å². The predicted molar refractivity (Wildman–Crippen MR) is 104 cm³/mol. The number of piperazine rings is 1. The molecule has 27 heavy (non-hydrogen) atoms. The molecular formula is C20H22N6O. The van der Waals surface area contributed by atoms with E-state index in [1.807, 2.05) is 24.5 Å². The first kappa shape index (κ1) is 17.3. The summed E-state index contributed by atoms with van der Waals surface area (Å²) in [5, 5.41) is 17.1. The van der Waals surface area contributed by atoms with Crippen LogP contribution in [0, 0.1) is 11.3 Å². The minimum absolute atomic E-state index is 0.540. The zero-order valence-corrected chi connectivity index (χ0v) is 15.4.